The predicted molar refractivity (Wildman–Crippen MR) is 129 cm³/mol. The number of carbonyl (C=O) groups excluding carboxylic acids is 1. The van der Waals surface area contributed by atoms with Gasteiger partial charge in [0.05, 0.1) is 9.77 Å². The Balaban J connectivity index is 1.20. The van der Waals surface area contributed by atoms with E-state index in [1.807, 2.05) is 0 Å². The molecule has 3 heterocycles. The van der Waals surface area contributed by atoms with E-state index in [1.54, 1.807) is 25.1 Å². The first kappa shape index (κ1) is 24.1. The monoisotopic (exact) mass is 518 g/mol. The maximum absolute atomic E-state index is 13.4. The molecule has 2 aliphatic rings. The molecule has 0 radical (unpaired) electrons. The maximum Gasteiger partial charge on any atom is 0.244 e. The van der Waals surface area contributed by atoms with Crippen LogP contribution in [0.3, 0.4) is 0 Å². The summed E-state index contributed by atoms with van der Waals surface area (Å²) in [5, 5.41) is 6.94. The van der Waals surface area contributed by atoms with Gasteiger partial charge in [-0.15, -0.1) is 11.3 Å². The zero-order valence-corrected chi connectivity index (χ0v) is 21.0. The average molecular weight is 519 g/mol. The molecule has 1 saturated heterocycles. The van der Waals surface area contributed by atoms with E-state index >= 15 is 0 Å². The van der Waals surface area contributed by atoms with E-state index < -0.39 is 10.0 Å². The molecule has 0 unspecified atom stereocenters. The standard InChI is InChI=1S/C24H27FN4O4S2/c1-15-21(13-20(34-15)22-27-24(33-28-22)18-3-2-4-18)35(31,32)29-11-9-17(10-12-29)23(30)26-14-16-5-7-19(25)8-6-16/h5-8,13,17-18H,2-4,9-12,14H2,1H3,(H,26,30). The molecular formula is C24H27FN4O4S2. The quantitative estimate of drug-likeness (QED) is 0.502. The molecule has 5 rings (SSSR count). The minimum atomic E-state index is -3.70. The maximum atomic E-state index is 13.4. The Morgan fingerprint density at radius 1 is 1.20 bits per heavy atom. The molecule has 1 saturated carbocycles. The molecule has 1 aromatic carbocycles. The van der Waals surface area contributed by atoms with E-state index in [2.05, 4.69) is 15.5 Å². The van der Waals surface area contributed by atoms with Gasteiger partial charge in [-0.1, -0.05) is 23.7 Å². The minimum absolute atomic E-state index is 0.111. The van der Waals surface area contributed by atoms with E-state index in [0.29, 0.717) is 46.8 Å². The number of benzene rings is 1. The number of hydrogen-bond donors (Lipinski definition) is 1. The zero-order chi connectivity index (χ0) is 24.6. The van der Waals surface area contributed by atoms with Gasteiger partial charge in [-0.05, 0) is 56.4 Å². The largest absolute Gasteiger partial charge is 0.352 e. The molecule has 1 N–H and O–H groups in total. The third kappa shape index (κ3) is 5.03. The number of nitrogens with one attached hydrogen (secondary N) is 1. The Hall–Kier alpha value is -2.63. The molecule has 0 atom stereocenters. The van der Waals surface area contributed by atoms with Crippen molar-refractivity contribution in [1.29, 1.82) is 0 Å². The summed E-state index contributed by atoms with van der Waals surface area (Å²) in [6.07, 6.45) is 4.14. The van der Waals surface area contributed by atoms with Gasteiger partial charge in [-0.25, -0.2) is 12.8 Å². The number of piperidine rings is 1. The number of hydrogen-bond acceptors (Lipinski definition) is 7. The Labute approximate surface area is 207 Å². The fraction of sp³-hybridized carbons (Fsp3) is 0.458. The van der Waals surface area contributed by atoms with Crippen molar-refractivity contribution in [2.45, 2.75) is 56.4 Å². The molecule has 8 nitrogen and oxygen atoms in total. The SMILES string of the molecule is Cc1sc(-c2noc(C3CCC3)n2)cc1S(=O)(=O)N1CCC(C(=O)NCc2ccc(F)cc2)CC1. The first-order valence-electron chi connectivity index (χ1n) is 11.8. The number of thiophene rings is 1. The summed E-state index contributed by atoms with van der Waals surface area (Å²) >= 11 is 1.34. The number of sulfonamides is 1. The highest BCUT2D eigenvalue weighted by Crippen LogP contribution is 2.38. The van der Waals surface area contributed by atoms with E-state index in [0.717, 1.165) is 24.8 Å². The fourth-order valence-corrected chi connectivity index (χ4v) is 7.38. The van der Waals surface area contributed by atoms with Crippen LogP contribution in [0.5, 0.6) is 0 Å². The number of aromatic nitrogens is 2. The predicted octanol–water partition coefficient (Wildman–Crippen LogP) is 4.23. The Morgan fingerprint density at radius 2 is 1.91 bits per heavy atom. The lowest BCUT2D eigenvalue weighted by Crippen LogP contribution is -2.42. The van der Waals surface area contributed by atoms with Crippen LogP contribution in [0.2, 0.25) is 0 Å². The van der Waals surface area contributed by atoms with Crippen molar-refractivity contribution in [3.05, 3.63) is 52.5 Å². The summed E-state index contributed by atoms with van der Waals surface area (Å²) in [4.78, 5) is 18.7. The van der Waals surface area contributed by atoms with Crippen molar-refractivity contribution in [1.82, 2.24) is 19.8 Å². The van der Waals surface area contributed by atoms with Gasteiger partial charge < -0.3 is 9.84 Å². The lowest BCUT2D eigenvalue weighted by Gasteiger charge is -2.30. The molecule has 3 aromatic rings. The number of carbonyl (C=O) groups is 1. The highest BCUT2D eigenvalue weighted by atomic mass is 32.2. The molecule has 1 aliphatic heterocycles. The molecule has 11 heteroatoms. The second-order valence-corrected chi connectivity index (χ2v) is 12.3. The summed E-state index contributed by atoms with van der Waals surface area (Å²) in [5.74, 6) is 0.677. The van der Waals surface area contributed by atoms with Gasteiger partial charge in [0.2, 0.25) is 27.6 Å². The van der Waals surface area contributed by atoms with Crippen molar-refractivity contribution in [3.63, 3.8) is 0 Å². The highest BCUT2D eigenvalue weighted by molar-refractivity contribution is 7.89. The van der Waals surface area contributed by atoms with Crippen molar-refractivity contribution < 1.29 is 22.1 Å². The highest BCUT2D eigenvalue weighted by Gasteiger charge is 2.34. The van der Waals surface area contributed by atoms with Gasteiger partial charge in [-0.3, -0.25) is 4.79 Å². The van der Waals surface area contributed by atoms with Crippen molar-refractivity contribution in [2.75, 3.05) is 13.1 Å². The van der Waals surface area contributed by atoms with Crippen molar-refractivity contribution >= 4 is 27.3 Å². The summed E-state index contributed by atoms with van der Waals surface area (Å²) in [5.41, 5.74) is 0.810. The molecule has 35 heavy (non-hydrogen) atoms. The molecular weight excluding hydrogens is 491 g/mol. The normalized spacial score (nSPS) is 17.9. The smallest absolute Gasteiger partial charge is 0.244 e. The molecule has 0 bridgehead atoms. The van der Waals surface area contributed by atoms with Gasteiger partial charge in [0, 0.05) is 36.3 Å². The Kier molecular flexibility index (Phi) is 6.73. The summed E-state index contributed by atoms with van der Waals surface area (Å²) in [6, 6.07) is 7.60. The Morgan fingerprint density at radius 3 is 2.57 bits per heavy atom. The number of aryl methyl sites for hydroxylation is 1. The number of halogens is 1. The molecule has 1 amide bonds. The second kappa shape index (κ2) is 9.79. The second-order valence-electron chi connectivity index (χ2n) is 9.14. The molecule has 2 aromatic heterocycles. The van der Waals surface area contributed by atoms with Crippen LogP contribution in [0, 0.1) is 18.7 Å². The van der Waals surface area contributed by atoms with Crippen LogP contribution in [-0.2, 0) is 21.4 Å². The average Bonchev–Trinajstić information content (AvgIpc) is 3.45. The number of nitrogens with zero attached hydrogens (tertiary/aromatic N) is 3. The minimum Gasteiger partial charge on any atom is -0.352 e. The lowest BCUT2D eigenvalue weighted by molar-refractivity contribution is -0.126. The van der Waals surface area contributed by atoms with Crippen LogP contribution in [0.25, 0.3) is 10.7 Å². The van der Waals surface area contributed by atoms with Gasteiger partial charge in [-0.2, -0.15) is 9.29 Å². The van der Waals surface area contributed by atoms with Gasteiger partial charge in [0.25, 0.3) is 0 Å². The fourth-order valence-electron chi connectivity index (χ4n) is 4.42. The first-order valence-corrected chi connectivity index (χ1v) is 14.0. The third-order valence-electron chi connectivity index (χ3n) is 6.81. The van der Waals surface area contributed by atoms with Crippen molar-refractivity contribution in [2.24, 2.45) is 5.92 Å². The van der Waals surface area contributed by atoms with Crippen LogP contribution in [0.4, 0.5) is 4.39 Å². The summed E-state index contributed by atoms with van der Waals surface area (Å²) < 4.78 is 46.6. The first-order chi connectivity index (χ1) is 16.8. The van der Waals surface area contributed by atoms with E-state index in [1.165, 1.54) is 27.8 Å². The van der Waals surface area contributed by atoms with Crippen LogP contribution < -0.4 is 5.32 Å². The van der Waals surface area contributed by atoms with Crippen LogP contribution in [0.15, 0.2) is 39.8 Å². The van der Waals surface area contributed by atoms with Crippen molar-refractivity contribution in [3.8, 4) is 10.7 Å². The number of amides is 1. The number of rotatable bonds is 7. The molecule has 0 spiro atoms. The van der Waals surface area contributed by atoms with E-state index in [9.17, 15) is 17.6 Å². The van der Waals surface area contributed by atoms with Crippen LogP contribution in [0.1, 0.15) is 54.4 Å². The van der Waals surface area contributed by atoms with Gasteiger partial charge >= 0.3 is 0 Å². The van der Waals surface area contributed by atoms with Crippen LogP contribution >= 0.6 is 11.3 Å². The summed E-state index contributed by atoms with van der Waals surface area (Å²) in [6.45, 7) is 2.64. The molecule has 1 aliphatic carbocycles. The topological polar surface area (TPSA) is 105 Å². The third-order valence-corrected chi connectivity index (χ3v) is 10.0. The van der Waals surface area contributed by atoms with Gasteiger partial charge in [0.1, 0.15) is 5.82 Å². The van der Waals surface area contributed by atoms with Crippen LogP contribution in [-0.4, -0.2) is 41.9 Å². The molecule has 186 valence electrons. The zero-order valence-electron chi connectivity index (χ0n) is 19.4. The summed E-state index contributed by atoms with van der Waals surface area (Å²) in [7, 11) is -3.70. The van der Waals surface area contributed by atoms with E-state index in [-0.39, 0.29) is 35.6 Å². The Bertz CT molecular complexity index is 1310. The lowest BCUT2D eigenvalue weighted by atomic mass is 9.85. The van der Waals surface area contributed by atoms with Gasteiger partial charge in [0.15, 0.2) is 0 Å². The molecule has 2 fully saturated rings. The van der Waals surface area contributed by atoms with E-state index in [4.69, 9.17) is 4.52 Å².